The standard InChI is InChI=1S/C14H12BrClN2O5/c1-8-4-12(18-23-8)17-13(19)6-22-14(20)7-21-11-3-2-9(16)5-10(11)15/h2-5H,6-7H2,1H3,(H,17,18,19). The van der Waals surface area contributed by atoms with Gasteiger partial charge in [-0.3, -0.25) is 4.79 Å². The number of carbonyl (C=O) groups is 2. The average Bonchev–Trinajstić information content (AvgIpc) is 2.89. The Kier molecular flexibility index (Phi) is 6.00. The van der Waals surface area contributed by atoms with Gasteiger partial charge in [0.1, 0.15) is 11.5 Å². The molecular weight excluding hydrogens is 392 g/mol. The number of anilines is 1. The number of nitrogens with one attached hydrogen (secondary N) is 1. The topological polar surface area (TPSA) is 90.7 Å². The number of rotatable bonds is 6. The van der Waals surface area contributed by atoms with Crippen LogP contribution in [-0.4, -0.2) is 30.2 Å². The molecule has 0 aliphatic heterocycles. The maximum atomic E-state index is 11.6. The Hall–Kier alpha value is -2.06. The van der Waals surface area contributed by atoms with Crippen LogP contribution in [0.15, 0.2) is 33.3 Å². The van der Waals surface area contributed by atoms with Crippen LogP contribution >= 0.6 is 27.5 Å². The third-order valence-corrected chi connectivity index (χ3v) is 3.35. The van der Waals surface area contributed by atoms with Crippen LogP contribution in [0.2, 0.25) is 5.02 Å². The molecule has 1 N–H and O–H groups in total. The van der Waals surface area contributed by atoms with Gasteiger partial charge in [0.15, 0.2) is 19.0 Å². The van der Waals surface area contributed by atoms with E-state index in [9.17, 15) is 9.59 Å². The summed E-state index contributed by atoms with van der Waals surface area (Å²) in [5, 5.41) is 6.54. The van der Waals surface area contributed by atoms with Crippen LogP contribution in [0.5, 0.6) is 5.75 Å². The van der Waals surface area contributed by atoms with Crippen LogP contribution in [0.3, 0.4) is 0 Å². The van der Waals surface area contributed by atoms with Gasteiger partial charge in [-0.25, -0.2) is 4.79 Å². The minimum Gasteiger partial charge on any atom is -0.481 e. The highest BCUT2D eigenvalue weighted by molar-refractivity contribution is 9.10. The molecule has 0 bridgehead atoms. The van der Waals surface area contributed by atoms with Crippen LogP contribution in [-0.2, 0) is 14.3 Å². The third-order valence-electron chi connectivity index (χ3n) is 2.50. The summed E-state index contributed by atoms with van der Waals surface area (Å²) in [6, 6.07) is 6.41. The van der Waals surface area contributed by atoms with E-state index in [0.717, 1.165) is 0 Å². The van der Waals surface area contributed by atoms with Crippen LogP contribution < -0.4 is 10.1 Å². The number of hydrogen-bond acceptors (Lipinski definition) is 6. The van der Waals surface area contributed by atoms with Gasteiger partial charge in [0.05, 0.1) is 4.47 Å². The molecule has 0 saturated heterocycles. The van der Waals surface area contributed by atoms with Crippen molar-refractivity contribution in [1.82, 2.24) is 5.16 Å². The van der Waals surface area contributed by atoms with Gasteiger partial charge in [-0.1, -0.05) is 16.8 Å². The lowest BCUT2D eigenvalue weighted by Crippen LogP contribution is -2.23. The fourth-order valence-corrected chi connectivity index (χ4v) is 2.32. The third kappa shape index (κ3) is 5.57. The number of carbonyl (C=O) groups excluding carboxylic acids is 2. The first-order valence-electron chi connectivity index (χ1n) is 6.40. The van der Waals surface area contributed by atoms with Crippen molar-refractivity contribution in [3.63, 3.8) is 0 Å². The molecule has 0 radical (unpaired) electrons. The van der Waals surface area contributed by atoms with Gasteiger partial charge < -0.3 is 19.3 Å². The van der Waals surface area contributed by atoms with Crippen molar-refractivity contribution in [3.8, 4) is 5.75 Å². The van der Waals surface area contributed by atoms with E-state index >= 15 is 0 Å². The van der Waals surface area contributed by atoms with Gasteiger partial charge in [0.25, 0.3) is 5.91 Å². The van der Waals surface area contributed by atoms with Crippen LogP contribution in [0.25, 0.3) is 0 Å². The molecule has 0 fully saturated rings. The predicted molar refractivity (Wildman–Crippen MR) is 85.5 cm³/mol. The van der Waals surface area contributed by atoms with Crippen molar-refractivity contribution in [1.29, 1.82) is 0 Å². The van der Waals surface area contributed by atoms with E-state index in [2.05, 4.69) is 26.4 Å². The highest BCUT2D eigenvalue weighted by Crippen LogP contribution is 2.27. The second kappa shape index (κ2) is 7.98. The molecule has 1 aromatic heterocycles. The van der Waals surface area contributed by atoms with Gasteiger partial charge in [0, 0.05) is 11.1 Å². The number of esters is 1. The molecule has 0 aliphatic carbocycles. The highest BCUT2D eigenvalue weighted by atomic mass is 79.9. The molecule has 0 saturated carbocycles. The molecule has 1 aromatic carbocycles. The average molecular weight is 404 g/mol. The molecule has 0 aliphatic rings. The summed E-state index contributed by atoms with van der Waals surface area (Å²) >= 11 is 9.06. The van der Waals surface area contributed by atoms with Crippen molar-refractivity contribution >= 4 is 45.2 Å². The summed E-state index contributed by atoms with van der Waals surface area (Å²) in [6.07, 6.45) is 0. The molecule has 0 atom stereocenters. The van der Waals surface area contributed by atoms with E-state index in [0.29, 0.717) is 21.0 Å². The molecule has 7 nitrogen and oxygen atoms in total. The minimum absolute atomic E-state index is 0.255. The molecule has 0 spiro atoms. The summed E-state index contributed by atoms with van der Waals surface area (Å²) < 4.78 is 15.5. The van der Waals surface area contributed by atoms with E-state index in [1.54, 1.807) is 31.2 Å². The van der Waals surface area contributed by atoms with Gasteiger partial charge >= 0.3 is 5.97 Å². The van der Waals surface area contributed by atoms with Crippen molar-refractivity contribution in [2.45, 2.75) is 6.92 Å². The normalized spacial score (nSPS) is 10.2. The van der Waals surface area contributed by atoms with Gasteiger partial charge in [-0.2, -0.15) is 0 Å². The monoisotopic (exact) mass is 402 g/mol. The van der Waals surface area contributed by atoms with Gasteiger partial charge in [-0.15, -0.1) is 0 Å². The lowest BCUT2D eigenvalue weighted by molar-refractivity contribution is -0.149. The van der Waals surface area contributed by atoms with E-state index in [1.165, 1.54) is 0 Å². The van der Waals surface area contributed by atoms with Crippen LogP contribution in [0.1, 0.15) is 5.76 Å². The molecule has 1 heterocycles. The summed E-state index contributed by atoms with van der Waals surface area (Å²) in [5.74, 6) is 0.0376. The Morgan fingerprint density at radius 1 is 1.35 bits per heavy atom. The molecule has 23 heavy (non-hydrogen) atoms. The summed E-state index contributed by atoms with van der Waals surface area (Å²) in [5.41, 5.74) is 0. The fraction of sp³-hybridized carbons (Fsp3) is 0.214. The zero-order valence-electron chi connectivity index (χ0n) is 12.0. The predicted octanol–water partition coefficient (Wildman–Crippen LogP) is 2.96. The van der Waals surface area contributed by atoms with Crippen LogP contribution in [0.4, 0.5) is 5.82 Å². The molecular formula is C14H12BrClN2O5. The highest BCUT2D eigenvalue weighted by Gasteiger charge is 2.11. The minimum atomic E-state index is -0.682. The molecule has 122 valence electrons. The SMILES string of the molecule is Cc1cc(NC(=O)COC(=O)COc2ccc(Cl)cc2Br)no1. The second-order valence-electron chi connectivity index (χ2n) is 4.40. The number of hydrogen-bond donors (Lipinski definition) is 1. The Balaban J connectivity index is 1.73. The smallest absolute Gasteiger partial charge is 0.344 e. The largest absolute Gasteiger partial charge is 0.481 e. The zero-order valence-corrected chi connectivity index (χ0v) is 14.3. The van der Waals surface area contributed by atoms with E-state index < -0.39 is 18.5 Å². The summed E-state index contributed by atoms with van der Waals surface area (Å²) in [4.78, 5) is 23.1. The lowest BCUT2D eigenvalue weighted by Gasteiger charge is -2.08. The molecule has 0 unspecified atom stereocenters. The van der Waals surface area contributed by atoms with E-state index in [1.807, 2.05) is 0 Å². The maximum absolute atomic E-state index is 11.6. The van der Waals surface area contributed by atoms with Gasteiger partial charge in [-0.05, 0) is 41.1 Å². The Morgan fingerprint density at radius 3 is 2.78 bits per heavy atom. The lowest BCUT2D eigenvalue weighted by atomic mass is 10.3. The fourth-order valence-electron chi connectivity index (χ4n) is 1.52. The van der Waals surface area contributed by atoms with E-state index in [-0.39, 0.29) is 12.4 Å². The molecule has 9 heteroatoms. The first-order valence-corrected chi connectivity index (χ1v) is 7.58. The quantitative estimate of drug-likeness (QED) is 0.746. The number of ether oxygens (including phenoxy) is 2. The van der Waals surface area contributed by atoms with Gasteiger partial charge in [0.2, 0.25) is 0 Å². The second-order valence-corrected chi connectivity index (χ2v) is 5.69. The molecule has 2 rings (SSSR count). The number of aromatic nitrogens is 1. The van der Waals surface area contributed by atoms with E-state index in [4.69, 9.17) is 25.6 Å². The number of halogens is 2. The summed E-state index contributed by atoms with van der Waals surface area (Å²) in [6.45, 7) is 0.904. The Labute approximate surface area is 145 Å². The zero-order chi connectivity index (χ0) is 16.8. The summed E-state index contributed by atoms with van der Waals surface area (Å²) in [7, 11) is 0. The number of nitrogens with zero attached hydrogens (tertiary/aromatic N) is 1. The van der Waals surface area contributed by atoms with Crippen molar-refractivity contribution in [3.05, 3.63) is 39.5 Å². The first kappa shape index (κ1) is 17.3. The van der Waals surface area contributed by atoms with Crippen molar-refractivity contribution in [2.75, 3.05) is 18.5 Å². The first-order chi connectivity index (χ1) is 10.9. The van der Waals surface area contributed by atoms with Crippen molar-refractivity contribution < 1.29 is 23.6 Å². The Morgan fingerprint density at radius 2 is 2.13 bits per heavy atom. The van der Waals surface area contributed by atoms with Crippen molar-refractivity contribution in [2.24, 2.45) is 0 Å². The number of aryl methyl sites for hydroxylation is 1. The molecule has 1 amide bonds. The maximum Gasteiger partial charge on any atom is 0.344 e. The number of benzene rings is 1. The Bertz CT molecular complexity index is 719. The number of amides is 1. The van der Waals surface area contributed by atoms with Crippen LogP contribution in [0, 0.1) is 6.92 Å². The molecule has 2 aromatic rings.